The molecule has 126 valence electrons. The third-order valence-electron chi connectivity index (χ3n) is 4.05. The van der Waals surface area contributed by atoms with Crippen molar-refractivity contribution in [1.29, 1.82) is 0 Å². The number of carbonyl (C=O) groups excluding carboxylic acids is 1. The van der Waals surface area contributed by atoms with E-state index in [2.05, 4.69) is 60.7 Å². The molecular formula is C22H21NOS. The molecule has 0 amide bonds. The van der Waals surface area contributed by atoms with Crippen LogP contribution in [0.3, 0.4) is 0 Å². The molecule has 0 fully saturated rings. The van der Waals surface area contributed by atoms with Gasteiger partial charge in [0.05, 0.1) is 6.04 Å². The van der Waals surface area contributed by atoms with Crippen molar-refractivity contribution in [2.45, 2.75) is 23.8 Å². The summed E-state index contributed by atoms with van der Waals surface area (Å²) in [6.07, 6.45) is 0. The van der Waals surface area contributed by atoms with Gasteiger partial charge in [-0.1, -0.05) is 84.6 Å². The first kappa shape index (κ1) is 17.5. The van der Waals surface area contributed by atoms with Gasteiger partial charge in [0.25, 0.3) is 0 Å². The lowest BCUT2D eigenvalue weighted by Gasteiger charge is -2.19. The lowest BCUT2D eigenvalue weighted by molar-refractivity contribution is -0.111. The van der Waals surface area contributed by atoms with Gasteiger partial charge in [-0.15, -0.1) is 0 Å². The monoisotopic (exact) mass is 347 g/mol. The van der Waals surface area contributed by atoms with Crippen molar-refractivity contribution < 1.29 is 4.79 Å². The Bertz CT molecular complexity index is 791. The Labute approximate surface area is 153 Å². The minimum Gasteiger partial charge on any atom is -0.321 e. The van der Waals surface area contributed by atoms with Crippen LogP contribution in [0, 0.1) is 0 Å². The highest BCUT2D eigenvalue weighted by Gasteiger charge is 2.17. The van der Waals surface area contributed by atoms with Crippen LogP contribution in [0.25, 0.3) is 0 Å². The third kappa shape index (κ3) is 4.38. The van der Waals surface area contributed by atoms with Crippen molar-refractivity contribution in [2.75, 3.05) is 0 Å². The number of thioether (sulfide) groups is 1. The van der Waals surface area contributed by atoms with Crippen molar-refractivity contribution in [2.24, 2.45) is 5.73 Å². The molecule has 3 heteroatoms. The molecule has 0 bridgehead atoms. The van der Waals surface area contributed by atoms with E-state index in [4.69, 9.17) is 5.73 Å². The normalized spacial score (nSPS) is 12.1. The highest BCUT2D eigenvalue weighted by atomic mass is 32.2. The van der Waals surface area contributed by atoms with E-state index in [0.29, 0.717) is 0 Å². The topological polar surface area (TPSA) is 43.1 Å². The van der Waals surface area contributed by atoms with Crippen molar-refractivity contribution >= 4 is 16.9 Å². The molecule has 0 saturated heterocycles. The zero-order valence-electron chi connectivity index (χ0n) is 14.1. The lowest BCUT2D eigenvalue weighted by atomic mass is 9.85. The van der Waals surface area contributed by atoms with Crippen LogP contribution in [0.2, 0.25) is 0 Å². The highest BCUT2D eigenvalue weighted by Crippen LogP contribution is 2.33. The Morgan fingerprint density at radius 3 is 1.84 bits per heavy atom. The minimum absolute atomic E-state index is 0.0203. The van der Waals surface area contributed by atoms with Gasteiger partial charge in [-0.25, -0.2) is 0 Å². The van der Waals surface area contributed by atoms with E-state index < -0.39 is 6.04 Å². The van der Waals surface area contributed by atoms with Crippen LogP contribution in [-0.4, -0.2) is 11.2 Å². The molecule has 0 aliphatic heterocycles. The summed E-state index contributed by atoms with van der Waals surface area (Å²) in [5, 5.41) is -0.0203. The van der Waals surface area contributed by atoms with Crippen molar-refractivity contribution in [3.63, 3.8) is 0 Å². The Morgan fingerprint density at radius 1 is 0.800 bits per heavy atom. The van der Waals surface area contributed by atoms with Gasteiger partial charge in [-0.2, -0.15) is 0 Å². The number of rotatable bonds is 5. The molecule has 0 heterocycles. The van der Waals surface area contributed by atoms with Crippen LogP contribution in [0.4, 0.5) is 0 Å². The molecule has 0 aliphatic rings. The standard InChI is InChI=1S/C22H21NOS/c1-16(23)22(24)25-20-14-8-13-19(15-20)21(17-9-4-2-5-10-17)18-11-6-3-7-12-18/h2-16,21H,23H2,1H3/t16-/m0/s1. The average molecular weight is 347 g/mol. The molecule has 0 radical (unpaired) electrons. The molecule has 0 aromatic heterocycles. The maximum atomic E-state index is 12.0. The summed E-state index contributed by atoms with van der Waals surface area (Å²) >= 11 is 1.21. The van der Waals surface area contributed by atoms with E-state index in [0.717, 1.165) is 4.90 Å². The summed E-state index contributed by atoms with van der Waals surface area (Å²) < 4.78 is 0. The largest absolute Gasteiger partial charge is 0.321 e. The number of hydrogen-bond donors (Lipinski definition) is 1. The van der Waals surface area contributed by atoms with Crippen LogP contribution < -0.4 is 5.73 Å². The molecule has 3 aromatic carbocycles. The first-order valence-corrected chi connectivity index (χ1v) is 9.14. The number of benzene rings is 3. The van der Waals surface area contributed by atoms with Gasteiger partial charge in [0.2, 0.25) is 5.12 Å². The second-order valence-corrected chi connectivity index (χ2v) is 7.11. The van der Waals surface area contributed by atoms with E-state index in [9.17, 15) is 4.79 Å². The number of carbonyl (C=O) groups is 1. The van der Waals surface area contributed by atoms with Gasteiger partial charge in [-0.3, -0.25) is 4.79 Å². The van der Waals surface area contributed by atoms with Crippen LogP contribution >= 0.6 is 11.8 Å². The molecular weight excluding hydrogens is 326 g/mol. The van der Waals surface area contributed by atoms with Gasteiger partial charge in [0.15, 0.2) is 0 Å². The molecule has 0 saturated carbocycles. The maximum absolute atomic E-state index is 12.0. The predicted octanol–water partition coefficient (Wildman–Crippen LogP) is 4.83. The molecule has 25 heavy (non-hydrogen) atoms. The Morgan fingerprint density at radius 2 is 1.32 bits per heavy atom. The maximum Gasteiger partial charge on any atom is 0.210 e. The molecule has 2 N–H and O–H groups in total. The van der Waals surface area contributed by atoms with E-state index in [-0.39, 0.29) is 11.0 Å². The van der Waals surface area contributed by atoms with Gasteiger partial charge >= 0.3 is 0 Å². The van der Waals surface area contributed by atoms with E-state index in [1.807, 2.05) is 24.3 Å². The molecule has 3 rings (SSSR count). The van der Waals surface area contributed by atoms with Crippen molar-refractivity contribution in [3.05, 3.63) is 102 Å². The molecule has 3 aromatic rings. The minimum atomic E-state index is -0.465. The number of hydrogen-bond acceptors (Lipinski definition) is 3. The molecule has 0 unspecified atom stereocenters. The zero-order chi connectivity index (χ0) is 17.6. The zero-order valence-corrected chi connectivity index (χ0v) is 14.9. The van der Waals surface area contributed by atoms with Crippen LogP contribution in [0.15, 0.2) is 89.8 Å². The van der Waals surface area contributed by atoms with Gasteiger partial charge in [0.1, 0.15) is 0 Å². The second-order valence-electron chi connectivity index (χ2n) is 6.04. The summed E-state index contributed by atoms with van der Waals surface area (Å²) in [6, 6.07) is 28.6. The van der Waals surface area contributed by atoms with Crippen LogP contribution in [-0.2, 0) is 4.79 Å². The SMILES string of the molecule is C[C@H](N)C(=O)Sc1cccc(C(c2ccccc2)c2ccccc2)c1. The first-order chi connectivity index (χ1) is 12.1. The number of nitrogens with two attached hydrogens (primary N) is 1. The fraction of sp³-hybridized carbons (Fsp3) is 0.136. The quantitative estimate of drug-likeness (QED) is 0.531. The summed E-state index contributed by atoms with van der Waals surface area (Å²) in [6.45, 7) is 1.72. The lowest BCUT2D eigenvalue weighted by Crippen LogP contribution is -2.23. The fourth-order valence-electron chi connectivity index (χ4n) is 2.84. The smallest absolute Gasteiger partial charge is 0.210 e. The van der Waals surface area contributed by atoms with Crippen LogP contribution in [0.5, 0.6) is 0 Å². The average Bonchev–Trinajstić information content (AvgIpc) is 2.64. The van der Waals surface area contributed by atoms with Gasteiger partial charge < -0.3 is 5.73 Å². The highest BCUT2D eigenvalue weighted by molar-refractivity contribution is 8.13. The van der Waals surface area contributed by atoms with Crippen LogP contribution in [0.1, 0.15) is 29.5 Å². The third-order valence-corrected chi connectivity index (χ3v) is 5.11. The fourth-order valence-corrected chi connectivity index (χ4v) is 3.59. The second kappa shape index (κ2) is 8.15. The van der Waals surface area contributed by atoms with Crippen molar-refractivity contribution in [3.8, 4) is 0 Å². The molecule has 2 nitrogen and oxygen atoms in total. The predicted molar refractivity (Wildman–Crippen MR) is 105 cm³/mol. The summed E-state index contributed by atoms with van der Waals surface area (Å²) in [5.41, 5.74) is 9.32. The molecule has 0 spiro atoms. The molecule has 1 atom stereocenters. The Balaban J connectivity index is 2.01. The first-order valence-electron chi connectivity index (χ1n) is 8.32. The Hall–Kier alpha value is -2.36. The molecule has 0 aliphatic carbocycles. The van der Waals surface area contributed by atoms with Gasteiger partial charge in [0, 0.05) is 10.8 Å². The van der Waals surface area contributed by atoms with E-state index in [1.54, 1.807) is 6.92 Å². The summed E-state index contributed by atoms with van der Waals surface area (Å²) in [5.74, 6) is 0.133. The van der Waals surface area contributed by atoms with Crippen molar-refractivity contribution in [1.82, 2.24) is 0 Å². The van der Waals surface area contributed by atoms with E-state index in [1.165, 1.54) is 28.5 Å². The summed E-state index contributed by atoms with van der Waals surface area (Å²) in [7, 11) is 0. The summed E-state index contributed by atoms with van der Waals surface area (Å²) in [4.78, 5) is 12.9. The Kier molecular flexibility index (Phi) is 5.69. The van der Waals surface area contributed by atoms with E-state index >= 15 is 0 Å². The van der Waals surface area contributed by atoms with Gasteiger partial charge in [-0.05, 0) is 35.7 Å².